The second kappa shape index (κ2) is 4.37. The fourth-order valence-corrected chi connectivity index (χ4v) is 4.48. The van der Waals surface area contributed by atoms with E-state index in [1.807, 2.05) is 0 Å². The van der Waals surface area contributed by atoms with Crippen molar-refractivity contribution in [2.75, 3.05) is 0 Å². The molecule has 2 fully saturated rings. The van der Waals surface area contributed by atoms with Gasteiger partial charge in [0.25, 0.3) is 0 Å². The van der Waals surface area contributed by atoms with E-state index in [0.717, 1.165) is 0 Å². The Balaban J connectivity index is 1.92. The van der Waals surface area contributed by atoms with Gasteiger partial charge in [-0.3, -0.25) is 0 Å². The molecule has 0 nitrogen and oxygen atoms in total. The molecule has 0 aliphatic heterocycles. The molecule has 0 aromatic heterocycles. The van der Waals surface area contributed by atoms with Crippen LogP contribution < -0.4 is 0 Å². The molecule has 116 valence electrons. The first kappa shape index (κ1) is 15.1. The van der Waals surface area contributed by atoms with Gasteiger partial charge in [-0.05, 0) is 59.5 Å². The molecule has 0 unspecified atom stereocenters. The summed E-state index contributed by atoms with van der Waals surface area (Å²) in [6.45, 7) is 14.4. The predicted molar refractivity (Wildman–Crippen MR) is 91.8 cm³/mol. The Morgan fingerprint density at radius 1 is 0.857 bits per heavy atom. The van der Waals surface area contributed by atoms with Crippen molar-refractivity contribution in [3.63, 3.8) is 0 Å². The standard InChI is InChI=1S/C21H32/c1-18(2,3)15-20(10-11-20)16-8-7-9-17(14-16)21(12-13-21)19(4,5)6/h7-9,14H,10-13,15H2,1-6H3. The Kier molecular flexibility index (Phi) is 3.15. The van der Waals surface area contributed by atoms with E-state index < -0.39 is 0 Å². The van der Waals surface area contributed by atoms with Crippen molar-refractivity contribution in [1.29, 1.82) is 0 Å². The third-order valence-corrected chi connectivity index (χ3v) is 5.94. The molecule has 1 aromatic carbocycles. The summed E-state index contributed by atoms with van der Waals surface area (Å²) in [5, 5.41) is 0. The quantitative estimate of drug-likeness (QED) is 0.617. The lowest BCUT2D eigenvalue weighted by Crippen LogP contribution is -2.26. The average Bonchev–Trinajstić information content (AvgIpc) is 3.21. The maximum Gasteiger partial charge on any atom is 0.000223 e. The zero-order chi connectivity index (χ0) is 15.5. The molecule has 0 bridgehead atoms. The summed E-state index contributed by atoms with van der Waals surface area (Å²) in [6.07, 6.45) is 6.83. The Hall–Kier alpha value is -0.780. The van der Waals surface area contributed by atoms with E-state index in [-0.39, 0.29) is 0 Å². The van der Waals surface area contributed by atoms with Gasteiger partial charge in [0.05, 0.1) is 0 Å². The van der Waals surface area contributed by atoms with E-state index >= 15 is 0 Å². The molecular formula is C21H32. The van der Waals surface area contributed by atoms with E-state index in [2.05, 4.69) is 65.8 Å². The van der Waals surface area contributed by atoms with Crippen LogP contribution in [0.25, 0.3) is 0 Å². The van der Waals surface area contributed by atoms with E-state index in [9.17, 15) is 0 Å². The first-order chi connectivity index (χ1) is 9.58. The molecule has 0 spiro atoms. The minimum atomic E-state index is 0.381. The van der Waals surface area contributed by atoms with Crippen LogP contribution in [0.4, 0.5) is 0 Å². The van der Waals surface area contributed by atoms with Crippen molar-refractivity contribution in [3.05, 3.63) is 35.4 Å². The van der Waals surface area contributed by atoms with Gasteiger partial charge in [-0.1, -0.05) is 65.8 Å². The van der Waals surface area contributed by atoms with Crippen molar-refractivity contribution in [1.82, 2.24) is 0 Å². The normalized spacial score (nSPS) is 23.0. The fraction of sp³-hybridized carbons (Fsp3) is 0.714. The van der Waals surface area contributed by atoms with Crippen LogP contribution in [0.15, 0.2) is 24.3 Å². The molecule has 0 heterocycles. The minimum Gasteiger partial charge on any atom is -0.0617 e. The van der Waals surface area contributed by atoms with Crippen LogP contribution in [0.5, 0.6) is 0 Å². The van der Waals surface area contributed by atoms with Crippen LogP contribution in [0.3, 0.4) is 0 Å². The fourth-order valence-electron chi connectivity index (χ4n) is 4.48. The highest BCUT2D eigenvalue weighted by Gasteiger charge is 2.54. The van der Waals surface area contributed by atoms with Gasteiger partial charge in [-0.15, -0.1) is 0 Å². The van der Waals surface area contributed by atoms with Crippen LogP contribution in [0, 0.1) is 10.8 Å². The summed E-state index contributed by atoms with van der Waals surface area (Å²) >= 11 is 0. The zero-order valence-corrected chi connectivity index (χ0v) is 14.8. The van der Waals surface area contributed by atoms with Gasteiger partial charge >= 0.3 is 0 Å². The highest BCUT2D eigenvalue weighted by atomic mass is 14.6. The van der Waals surface area contributed by atoms with E-state index in [0.29, 0.717) is 21.7 Å². The molecule has 2 aliphatic carbocycles. The molecule has 21 heavy (non-hydrogen) atoms. The lowest BCUT2D eigenvalue weighted by atomic mass is 9.72. The van der Waals surface area contributed by atoms with Crippen molar-refractivity contribution in [2.24, 2.45) is 10.8 Å². The van der Waals surface area contributed by atoms with Crippen molar-refractivity contribution >= 4 is 0 Å². The summed E-state index contributed by atoms with van der Waals surface area (Å²) in [4.78, 5) is 0. The second-order valence-corrected chi connectivity index (χ2v) is 9.93. The largest absolute Gasteiger partial charge is 0.0617 e. The van der Waals surface area contributed by atoms with E-state index in [1.54, 1.807) is 11.1 Å². The van der Waals surface area contributed by atoms with Crippen molar-refractivity contribution < 1.29 is 0 Å². The molecule has 2 saturated carbocycles. The molecule has 0 amide bonds. The molecule has 3 rings (SSSR count). The van der Waals surface area contributed by atoms with Crippen LogP contribution in [-0.2, 0) is 10.8 Å². The minimum absolute atomic E-state index is 0.381. The molecule has 0 N–H and O–H groups in total. The Bertz CT molecular complexity index is 528. The molecule has 1 aromatic rings. The highest BCUT2D eigenvalue weighted by Crippen LogP contribution is 2.61. The van der Waals surface area contributed by atoms with Gasteiger partial charge in [0.2, 0.25) is 0 Å². The number of benzene rings is 1. The van der Waals surface area contributed by atoms with Crippen LogP contribution in [0.1, 0.15) is 84.8 Å². The average molecular weight is 284 g/mol. The summed E-state index contributed by atoms with van der Waals surface area (Å²) in [7, 11) is 0. The lowest BCUT2D eigenvalue weighted by molar-refractivity contribution is 0.297. The molecule has 0 radical (unpaired) electrons. The van der Waals surface area contributed by atoms with Gasteiger partial charge in [0.1, 0.15) is 0 Å². The van der Waals surface area contributed by atoms with Gasteiger partial charge < -0.3 is 0 Å². The third-order valence-electron chi connectivity index (χ3n) is 5.94. The number of hydrogen-bond acceptors (Lipinski definition) is 0. The first-order valence-corrected chi connectivity index (χ1v) is 8.69. The van der Waals surface area contributed by atoms with Gasteiger partial charge in [-0.2, -0.15) is 0 Å². The van der Waals surface area contributed by atoms with E-state index in [1.165, 1.54) is 32.1 Å². The Morgan fingerprint density at radius 2 is 1.43 bits per heavy atom. The Labute approximate surface area is 131 Å². The molecular weight excluding hydrogens is 252 g/mol. The van der Waals surface area contributed by atoms with Gasteiger partial charge in [-0.25, -0.2) is 0 Å². The lowest BCUT2D eigenvalue weighted by Gasteiger charge is -2.33. The third kappa shape index (κ3) is 2.67. The van der Waals surface area contributed by atoms with E-state index in [4.69, 9.17) is 0 Å². The number of rotatable bonds is 3. The maximum absolute atomic E-state index is 2.57. The zero-order valence-electron chi connectivity index (χ0n) is 14.8. The Morgan fingerprint density at radius 3 is 1.86 bits per heavy atom. The molecule has 0 atom stereocenters. The van der Waals surface area contributed by atoms with Crippen molar-refractivity contribution in [3.8, 4) is 0 Å². The van der Waals surface area contributed by atoms with Crippen molar-refractivity contribution in [2.45, 2.75) is 84.5 Å². The summed E-state index contributed by atoms with van der Waals surface area (Å²) in [5.74, 6) is 0. The SMILES string of the molecule is CC(C)(C)CC1(c2cccc(C3(C(C)(C)C)CC3)c2)CC1. The summed E-state index contributed by atoms with van der Waals surface area (Å²) in [5.41, 5.74) is 4.96. The number of hydrogen-bond donors (Lipinski definition) is 0. The van der Waals surface area contributed by atoms with Gasteiger partial charge in [0, 0.05) is 5.41 Å². The second-order valence-electron chi connectivity index (χ2n) is 9.93. The van der Waals surface area contributed by atoms with Gasteiger partial charge in [0.15, 0.2) is 0 Å². The maximum atomic E-state index is 2.57. The van der Waals surface area contributed by atoms with Crippen LogP contribution >= 0.6 is 0 Å². The summed E-state index contributed by atoms with van der Waals surface area (Å²) < 4.78 is 0. The molecule has 0 heteroatoms. The molecule has 0 saturated heterocycles. The summed E-state index contributed by atoms with van der Waals surface area (Å²) in [6, 6.07) is 9.66. The van der Waals surface area contributed by atoms with Crippen LogP contribution in [-0.4, -0.2) is 0 Å². The first-order valence-electron chi connectivity index (χ1n) is 8.69. The van der Waals surface area contributed by atoms with Crippen LogP contribution in [0.2, 0.25) is 0 Å². The monoisotopic (exact) mass is 284 g/mol. The smallest absolute Gasteiger partial charge is 0.000223 e. The molecule has 2 aliphatic rings. The highest BCUT2D eigenvalue weighted by molar-refractivity contribution is 5.41. The predicted octanol–water partition coefficient (Wildman–Crippen LogP) is 6.23. The topological polar surface area (TPSA) is 0 Å².